The maximum atomic E-state index is 12.4. The quantitative estimate of drug-likeness (QED) is 0.303. The van der Waals surface area contributed by atoms with Crippen molar-refractivity contribution in [2.75, 3.05) is 0 Å². The number of ether oxygens (including phenoxy) is 1. The summed E-state index contributed by atoms with van der Waals surface area (Å²) in [5.41, 5.74) is 1.99. The van der Waals surface area contributed by atoms with E-state index in [9.17, 15) is 14.7 Å². The average Bonchev–Trinajstić information content (AvgIpc) is 2.94. The SMILES string of the molecule is CC(=O)C[C@@]1(C)[C@@H](O)CC[C@]2(C)C[C@H]3CC[C@H]4C(=CC[C@H]5C(C)(C)[C@@H](OC(C)=O)CC[C@]45C)C[C@]3(C)C[C@@H]21. The molecule has 0 bridgehead atoms. The number of Topliss-reactive ketones (excluding diaryl/α,β-unsaturated/α-hetero) is 1. The number of hydrogen-bond acceptors (Lipinski definition) is 4. The van der Waals surface area contributed by atoms with Gasteiger partial charge < -0.3 is 14.6 Å². The lowest BCUT2D eigenvalue weighted by molar-refractivity contribution is -0.171. The molecule has 5 rings (SSSR count). The normalized spacial score (nSPS) is 49.8. The molecule has 4 fully saturated rings. The second-order valence-electron chi connectivity index (χ2n) is 16.2. The van der Waals surface area contributed by atoms with Crippen molar-refractivity contribution in [2.24, 2.45) is 50.7 Å². The molecule has 214 valence electrons. The standard InChI is InChI=1S/C34H54O4/c1-21(35)17-34(8)27-20-32(6)18-23-9-12-26-30(3,4)29(38-22(2)36)14-16-33(26,7)25(23)11-10-24(32)19-31(27,5)15-13-28(34)37/h9,24-29,37H,10-20H2,1-8H3/t24-,25+,26+,27+,28+,29+,31-,32-,33-,34-/m1/s1. The molecule has 0 spiro atoms. The Hall–Kier alpha value is -1.16. The Morgan fingerprint density at radius 1 is 0.921 bits per heavy atom. The highest BCUT2D eigenvalue weighted by Crippen LogP contribution is 2.69. The molecule has 0 aromatic carbocycles. The van der Waals surface area contributed by atoms with Gasteiger partial charge in [0.1, 0.15) is 11.9 Å². The number of allylic oxidation sites excluding steroid dienone is 2. The Bertz CT molecular complexity index is 1010. The van der Waals surface area contributed by atoms with Gasteiger partial charge in [-0.3, -0.25) is 4.79 Å². The number of ketones is 1. The lowest BCUT2D eigenvalue weighted by Crippen LogP contribution is -2.57. The van der Waals surface area contributed by atoms with Crippen LogP contribution >= 0.6 is 0 Å². The van der Waals surface area contributed by atoms with Gasteiger partial charge in [-0.2, -0.15) is 0 Å². The molecule has 38 heavy (non-hydrogen) atoms. The van der Waals surface area contributed by atoms with Crippen molar-refractivity contribution in [3.05, 3.63) is 11.6 Å². The third-order valence-corrected chi connectivity index (χ3v) is 13.4. The highest BCUT2D eigenvalue weighted by molar-refractivity contribution is 5.76. The van der Waals surface area contributed by atoms with Gasteiger partial charge in [-0.05, 0) is 111 Å². The zero-order valence-electron chi connectivity index (χ0n) is 25.5. The first-order valence-electron chi connectivity index (χ1n) is 15.6. The van der Waals surface area contributed by atoms with Crippen LogP contribution in [0.1, 0.15) is 126 Å². The van der Waals surface area contributed by atoms with Gasteiger partial charge in [0, 0.05) is 24.2 Å². The fraction of sp³-hybridized carbons (Fsp3) is 0.882. The van der Waals surface area contributed by atoms with Crippen LogP contribution in [0.2, 0.25) is 0 Å². The number of esters is 1. The molecule has 0 aromatic heterocycles. The maximum Gasteiger partial charge on any atom is 0.302 e. The van der Waals surface area contributed by atoms with Crippen LogP contribution in [0.25, 0.3) is 0 Å². The summed E-state index contributed by atoms with van der Waals surface area (Å²) in [5, 5.41) is 11.2. The molecular formula is C34H54O4. The molecule has 0 aromatic rings. The van der Waals surface area contributed by atoms with E-state index >= 15 is 0 Å². The van der Waals surface area contributed by atoms with Crippen LogP contribution in [0.15, 0.2) is 11.6 Å². The van der Waals surface area contributed by atoms with Crippen LogP contribution < -0.4 is 0 Å². The monoisotopic (exact) mass is 526 g/mol. The highest BCUT2D eigenvalue weighted by atomic mass is 16.5. The topological polar surface area (TPSA) is 63.6 Å². The second-order valence-corrected chi connectivity index (χ2v) is 16.2. The number of aliphatic hydroxyl groups excluding tert-OH is 1. The number of carbonyl (C=O) groups is 2. The van der Waals surface area contributed by atoms with Crippen molar-refractivity contribution in [1.82, 2.24) is 0 Å². The molecule has 0 aliphatic heterocycles. The summed E-state index contributed by atoms with van der Waals surface area (Å²) in [4.78, 5) is 24.3. The molecule has 1 N–H and O–H groups in total. The molecule has 5 aliphatic carbocycles. The van der Waals surface area contributed by atoms with E-state index in [1.54, 1.807) is 19.4 Å². The molecule has 0 amide bonds. The van der Waals surface area contributed by atoms with E-state index < -0.39 is 0 Å². The van der Waals surface area contributed by atoms with Gasteiger partial charge in [-0.15, -0.1) is 0 Å². The van der Waals surface area contributed by atoms with E-state index in [1.165, 1.54) is 19.3 Å². The molecular weight excluding hydrogens is 472 g/mol. The number of hydrogen-bond donors (Lipinski definition) is 1. The van der Waals surface area contributed by atoms with Crippen molar-refractivity contribution >= 4 is 11.8 Å². The summed E-state index contributed by atoms with van der Waals surface area (Å²) >= 11 is 0. The molecule has 4 heteroatoms. The van der Waals surface area contributed by atoms with Gasteiger partial charge in [-0.1, -0.05) is 53.2 Å². The van der Waals surface area contributed by atoms with Gasteiger partial charge >= 0.3 is 5.97 Å². The van der Waals surface area contributed by atoms with Crippen LogP contribution in [0, 0.1) is 50.7 Å². The van der Waals surface area contributed by atoms with Crippen molar-refractivity contribution in [1.29, 1.82) is 0 Å². The Labute approximate surface area is 231 Å². The van der Waals surface area contributed by atoms with E-state index in [0.717, 1.165) is 44.9 Å². The van der Waals surface area contributed by atoms with Crippen LogP contribution in [-0.4, -0.2) is 29.1 Å². The molecule has 0 unspecified atom stereocenters. The van der Waals surface area contributed by atoms with E-state index in [1.807, 2.05) is 0 Å². The van der Waals surface area contributed by atoms with E-state index in [0.29, 0.717) is 30.1 Å². The zero-order valence-corrected chi connectivity index (χ0v) is 25.5. The molecule has 4 nitrogen and oxygen atoms in total. The minimum atomic E-state index is -0.383. The fourth-order valence-corrected chi connectivity index (χ4v) is 11.5. The predicted octanol–water partition coefficient (Wildman–Crippen LogP) is 7.67. The highest BCUT2D eigenvalue weighted by Gasteiger charge is 2.62. The fourth-order valence-electron chi connectivity index (χ4n) is 11.5. The third kappa shape index (κ3) is 4.25. The summed E-state index contributed by atoms with van der Waals surface area (Å²) in [5.74, 6) is 2.26. The van der Waals surface area contributed by atoms with Gasteiger partial charge in [0.2, 0.25) is 0 Å². The summed E-state index contributed by atoms with van der Waals surface area (Å²) in [6.07, 6.45) is 13.9. The summed E-state index contributed by atoms with van der Waals surface area (Å²) in [7, 11) is 0. The van der Waals surface area contributed by atoms with Crippen LogP contribution in [0.5, 0.6) is 0 Å². The number of carbonyl (C=O) groups excluding carboxylic acids is 2. The van der Waals surface area contributed by atoms with Crippen molar-refractivity contribution < 1.29 is 19.4 Å². The molecule has 0 saturated heterocycles. The molecule has 0 heterocycles. The number of aliphatic hydroxyl groups is 1. The Kier molecular flexibility index (Phi) is 6.85. The maximum absolute atomic E-state index is 12.4. The Balaban J connectivity index is 1.46. The minimum absolute atomic E-state index is 0.00681. The van der Waals surface area contributed by atoms with E-state index in [2.05, 4.69) is 47.6 Å². The second kappa shape index (κ2) is 9.18. The van der Waals surface area contributed by atoms with Crippen LogP contribution in [0.4, 0.5) is 0 Å². The van der Waals surface area contributed by atoms with Gasteiger partial charge in [0.15, 0.2) is 0 Å². The first-order valence-corrected chi connectivity index (χ1v) is 15.6. The molecule has 4 saturated carbocycles. The van der Waals surface area contributed by atoms with Crippen molar-refractivity contribution in [2.45, 2.75) is 138 Å². The molecule has 5 aliphatic rings. The Morgan fingerprint density at radius 2 is 1.63 bits per heavy atom. The number of rotatable bonds is 3. The summed E-state index contributed by atoms with van der Waals surface area (Å²) < 4.78 is 5.87. The van der Waals surface area contributed by atoms with Crippen molar-refractivity contribution in [3.63, 3.8) is 0 Å². The summed E-state index contributed by atoms with van der Waals surface area (Å²) in [6, 6.07) is 0. The number of fused-ring (bicyclic) bond motifs is 5. The smallest absolute Gasteiger partial charge is 0.302 e. The first kappa shape index (κ1) is 28.4. The van der Waals surface area contributed by atoms with Crippen LogP contribution in [-0.2, 0) is 14.3 Å². The third-order valence-electron chi connectivity index (χ3n) is 13.4. The lowest BCUT2D eigenvalue weighted by Gasteiger charge is -2.62. The van der Waals surface area contributed by atoms with Gasteiger partial charge in [0.25, 0.3) is 0 Å². The van der Waals surface area contributed by atoms with Crippen molar-refractivity contribution in [3.8, 4) is 0 Å². The molecule has 10 atom stereocenters. The minimum Gasteiger partial charge on any atom is -0.462 e. The zero-order chi connectivity index (χ0) is 27.9. The van der Waals surface area contributed by atoms with Gasteiger partial charge in [-0.25, -0.2) is 0 Å². The summed E-state index contributed by atoms with van der Waals surface area (Å²) in [6.45, 7) is 17.7. The average molecular weight is 527 g/mol. The lowest BCUT2D eigenvalue weighted by atomic mass is 9.43. The van der Waals surface area contributed by atoms with Crippen LogP contribution in [0.3, 0.4) is 0 Å². The molecule has 0 radical (unpaired) electrons. The largest absolute Gasteiger partial charge is 0.462 e. The van der Waals surface area contributed by atoms with E-state index in [-0.39, 0.29) is 51.0 Å². The van der Waals surface area contributed by atoms with E-state index in [4.69, 9.17) is 4.74 Å². The predicted molar refractivity (Wildman–Crippen MR) is 151 cm³/mol. The first-order chi connectivity index (χ1) is 17.5. The Morgan fingerprint density at radius 3 is 2.29 bits per heavy atom. The van der Waals surface area contributed by atoms with Gasteiger partial charge in [0.05, 0.1) is 6.10 Å².